The fraction of sp³-hybridized carbons (Fsp3) is 0.692. The van der Waals surface area contributed by atoms with Crippen LogP contribution in [0.3, 0.4) is 0 Å². The molecule has 0 aliphatic carbocycles. The minimum Gasteiger partial charge on any atom is -0.324 e. The van der Waals surface area contributed by atoms with Gasteiger partial charge < -0.3 is 4.90 Å². The average Bonchev–Trinajstić information content (AvgIpc) is 2.78. The molecular formula is C13H22N4O. The molecule has 2 rings (SSSR count). The maximum atomic E-state index is 12.0. The number of rotatable bonds is 2. The Morgan fingerprint density at radius 3 is 2.72 bits per heavy atom. The number of urea groups is 1. The summed E-state index contributed by atoms with van der Waals surface area (Å²) in [6, 6.07) is 1.86. The molecule has 0 aromatic carbocycles. The van der Waals surface area contributed by atoms with Gasteiger partial charge in [0.25, 0.3) is 0 Å². The lowest BCUT2D eigenvalue weighted by Crippen LogP contribution is -2.40. The van der Waals surface area contributed by atoms with Crippen LogP contribution in [0.2, 0.25) is 0 Å². The largest absolute Gasteiger partial charge is 0.324 e. The molecule has 1 aliphatic rings. The number of carbonyl (C=O) groups excluding carboxylic acids is 1. The van der Waals surface area contributed by atoms with Crippen molar-refractivity contribution in [2.75, 3.05) is 18.4 Å². The van der Waals surface area contributed by atoms with Crippen LogP contribution in [0.15, 0.2) is 6.07 Å². The second-order valence-corrected chi connectivity index (χ2v) is 5.46. The Morgan fingerprint density at radius 2 is 2.17 bits per heavy atom. The predicted octanol–water partition coefficient (Wildman–Crippen LogP) is 2.80. The summed E-state index contributed by atoms with van der Waals surface area (Å²) in [5, 5.41) is 9.89. The molecule has 1 fully saturated rings. The monoisotopic (exact) mass is 250 g/mol. The van der Waals surface area contributed by atoms with Crippen LogP contribution in [0.5, 0.6) is 0 Å². The summed E-state index contributed by atoms with van der Waals surface area (Å²) in [5.74, 6) is 1.73. The molecule has 2 N–H and O–H groups in total. The minimum atomic E-state index is -0.0382. The third kappa shape index (κ3) is 3.03. The Hall–Kier alpha value is -1.52. The van der Waals surface area contributed by atoms with Crippen LogP contribution in [-0.4, -0.2) is 34.2 Å². The third-order valence-electron chi connectivity index (χ3n) is 3.53. The number of aromatic amines is 1. The predicted molar refractivity (Wildman–Crippen MR) is 71.7 cm³/mol. The van der Waals surface area contributed by atoms with Gasteiger partial charge in [-0.05, 0) is 24.7 Å². The molecule has 5 nitrogen and oxygen atoms in total. The van der Waals surface area contributed by atoms with E-state index in [0.717, 1.165) is 37.5 Å². The standard InChI is InChI=1S/C13H22N4O/c1-9(2)11-8-12(16-15-11)14-13(18)17-6-4-10(3)5-7-17/h8-10H,4-7H2,1-3H3,(H2,14,15,16,18). The molecule has 1 aliphatic heterocycles. The van der Waals surface area contributed by atoms with Gasteiger partial charge in [-0.15, -0.1) is 0 Å². The summed E-state index contributed by atoms with van der Waals surface area (Å²) in [7, 11) is 0. The molecule has 0 atom stereocenters. The maximum Gasteiger partial charge on any atom is 0.323 e. The highest BCUT2D eigenvalue weighted by atomic mass is 16.2. The maximum absolute atomic E-state index is 12.0. The van der Waals surface area contributed by atoms with E-state index in [1.54, 1.807) is 0 Å². The highest BCUT2D eigenvalue weighted by Crippen LogP contribution is 2.18. The van der Waals surface area contributed by atoms with Gasteiger partial charge in [-0.3, -0.25) is 10.4 Å². The van der Waals surface area contributed by atoms with Gasteiger partial charge in [0.15, 0.2) is 5.82 Å². The van der Waals surface area contributed by atoms with Crippen molar-refractivity contribution in [3.8, 4) is 0 Å². The molecule has 0 saturated carbocycles. The number of H-pyrrole nitrogens is 1. The summed E-state index contributed by atoms with van der Waals surface area (Å²) in [4.78, 5) is 13.9. The number of nitrogens with zero attached hydrogens (tertiary/aromatic N) is 2. The normalized spacial score (nSPS) is 17.2. The first-order valence-electron chi connectivity index (χ1n) is 6.67. The van der Waals surface area contributed by atoms with Crippen LogP contribution in [0.25, 0.3) is 0 Å². The van der Waals surface area contributed by atoms with Crippen molar-refractivity contribution in [2.24, 2.45) is 5.92 Å². The van der Waals surface area contributed by atoms with Gasteiger partial charge in [0, 0.05) is 24.8 Å². The molecule has 1 aromatic rings. The van der Waals surface area contributed by atoms with Crippen LogP contribution in [0, 0.1) is 5.92 Å². The Balaban J connectivity index is 1.90. The summed E-state index contributed by atoms with van der Waals surface area (Å²) in [5.41, 5.74) is 1.04. The van der Waals surface area contributed by atoms with E-state index in [1.807, 2.05) is 11.0 Å². The number of hydrogen-bond acceptors (Lipinski definition) is 2. The van der Waals surface area contributed by atoms with Crippen molar-refractivity contribution in [1.82, 2.24) is 15.1 Å². The Labute approximate surface area is 108 Å². The summed E-state index contributed by atoms with van der Waals surface area (Å²) in [6.07, 6.45) is 2.18. The fourth-order valence-corrected chi connectivity index (χ4v) is 2.10. The average molecular weight is 250 g/mol. The Kier molecular flexibility index (Phi) is 3.89. The summed E-state index contributed by atoms with van der Waals surface area (Å²) >= 11 is 0. The van der Waals surface area contributed by atoms with Crippen molar-refractivity contribution >= 4 is 11.8 Å². The van der Waals surface area contributed by atoms with Crippen molar-refractivity contribution in [2.45, 2.75) is 39.5 Å². The van der Waals surface area contributed by atoms with Crippen molar-refractivity contribution in [3.05, 3.63) is 11.8 Å². The molecule has 0 unspecified atom stereocenters. The van der Waals surface area contributed by atoms with Gasteiger partial charge >= 0.3 is 6.03 Å². The van der Waals surface area contributed by atoms with E-state index in [4.69, 9.17) is 0 Å². The topological polar surface area (TPSA) is 61.0 Å². The quantitative estimate of drug-likeness (QED) is 0.847. The molecule has 0 radical (unpaired) electrons. The lowest BCUT2D eigenvalue weighted by Gasteiger charge is -2.29. The molecule has 18 heavy (non-hydrogen) atoms. The summed E-state index contributed by atoms with van der Waals surface area (Å²) in [6.45, 7) is 8.09. The van der Waals surface area contributed by atoms with Crippen molar-refractivity contribution in [1.29, 1.82) is 0 Å². The van der Waals surface area contributed by atoms with Crippen LogP contribution in [0.1, 0.15) is 45.2 Å². The van der Waals surface area contributed by atoms with Gasteiger partial charge in [0.1, 0.15) is 0 Å². The van der Waals surface area contributed by atoms with Gasteiger partial charge in [0.2, 0.25) is 0 Å². The van der Waals surface area contributed by atoms with Crippen LogP contribution >= 0.6 is 0 Å². The van der Waals surface area contributed by atoms with E-state index in [2.05, 4.69) is 36.3 Å². The van der Waals surface area contributed by atoms with E-state index < -0.39 is 0 Å². The number of hydrogen-bond donors (Lipinski definition) is 2. The molecule has 0 spiro atoms. The number of aromatic nitrogens is 2. The Morgan fingerprint density at radius 1 is 1.50 bits per heavy atom. The Bertz CT molecular complexity index is 405. The smallest absolute Gasteiger partial charge is 0.323 e. The van der Waals surface area contributed by atoms with E-state index >= 15 is 0 Å². The molecule has 0 bridgehead atoms. The van der Waals surface area contributed by atoms with E-state index in [1.165, 1.54) is 0 Å². The van der Waals surface area contributed by atoms with Gasteiger partial charge in [-0.25, -0.2) is 4.79 Å². The SMILES string of the molecule is CC1CCN(C(=O)Nc2cc(C(C)C)[nH]n2)CC1. The zero-order valence-corrected chi connectivity index (χ0v) is 11.4. The zero-order chi connectivity index (χ0) is 13.1. The number of anilines is 1. The number of nitrogens with one attached hydrogen (secondary N) is 2. The molecular weight excluding hydrogens is 228 g/mol. The van der Waals surface area contributed by atoms with Gasteiger partial charge in [-0.2, -0.15) is 5.10 Å². The van der Waals surface area contributed by atoms with Gasteiger partial charge in [-0.1, -0.05) is 20.8 Å². The first-order valence-corrected chi connectivity index (χ1v) is 6.67. The van der Waals surface area contributed by atoms with Crippen LogP contribution in [0.4, 0.5) is 10.6 Å². The molecule has 1 saturated heterocycles. The number of carbonyl (C=O) groups is 1. The van der Waals surface area contributed by atoms with Crippen molar-refractivity contribution < 1.29 is 4.79 Å². The third-order valence-corrected chi connectivity index (χ3v) is 3.53. The van der Waals surface area contributed by atoms with Crippen molar-refractivity contribution in [3.63, 3.8) is 0 Å². The fourth-order valence-electron chi connectivity index (χ4n) is 2.10. The lowest BCUT2D eigenvalue weighted by molar-refractivity contribution is 0.186. The lowest BCUT2D eigenvalue weighted by atomic mass is 10.00. The van der Waals surface area contributed by atoms with E-state index in [9.17, 15) is 4.79 Å². The molecule has 2 heterocycles. The second-order valence-electron chi connectivity index (χ2n) is 5.46. The summed E-state index contributed by atoms with van der Waals surface area (Å²) < 4.78 is 0. The molecule has 1 aromatic heterocycles. The second kappa shape index (κ2) is 5.42. The van der Waals surface area contributed by atoms with Gasteiger partial charge in [0.05, 0.1) is 0 Å². The van der Waals surface area contributed by atoms with Crippen LogP contribution < -0.4 is 5.32 Å². The van der Waals surface area contributed by atoms with E-state index in [-0.39, 0.29) is 6.03 Å². The first kappa shape index (κ1) is 12.9. The highest BCUT2D eigenvalue weighted by molar-refractivity contribution is 5.88. The van der Waals surface area contributed by atoms with Crippen LogP contribution in [-0.2, 0) is 0 Å². The highest BCUT2D eigenvalue weighted by Gasteiger charge is 2.20. The molecule has 100 valence electrons. The molecule has 5 heteroatoms. The van der Waals surface area contributed by atoms with E-state index in [0.29, 0.717) is 11.7 Å². The number of likely N-dealkylation sites (tertiary alicyclic amines) is 1. The number of amides is 2. The number of piperidine rings is 1. The minimum absolute atomic E-state index is 0.0382. The zero-order valence-electron chi connectivity index (χ0n) is 11.4. The molecule has 2 amide bonds. The first-order chi connectivity index (χ1) is 8.56.